The molecule has 0 spiro atoms. The SMILES string of the molecule is CN(Cc1ccc2cc[nH]c2c1)C(=O)CCl. The molecule has 1 N–H and O–H groups in total. The number of H-pyrrole nitrogens is 1. The van der Waals surface area contributed by atoms with Gasteiger partial charge in [0.2, 0.25) is 5.91 Å². The fourth-order valence-corrected chi connectivity index (χ4v) is 1.86. The maximum Gasteiger partial charge on any atom is 0.237 e. The average molecular weight is 237 g/mol. The summed E-state index contributed by atoms with van der Waals surface area (Å²) in [5.74, 6) is -0.0328. The highest BCUT2D eigenvalue weighted by Gasteiger charge is 2.07. The van der Waals surface area contributed by atoms with Crippen molar-refractivity contribution >= 4 is 28.4 Å². The van der Waals surface area contributed by atoms with Gasteiger partial charge in [-0.15, -0.1) is 11.6 Å². The van der Waals surface area contributed by atoms with E-state index in [1.165, 1.54) is 5.39 Å². The van der Waals surface area contributed by atoms with Crippen molar-refractivity contribution in [3.8, 4) is 0 Å². The minimum absolute atomic E-state index is 0.0290. The molecule has 0 aliphatic heterocycles. The molecule has 0 radical (unpaired) electrons. The number of alkyl halides is 1. The summed E-state index contributed by atoms with van der Waals surface area (Å²) in [7, 11) is 1.75. The molecule has 84 valence electrons. The molecule has 1 aromatic carbocycles. The normalized spacial score (nSPS) is 10.6. The summed E-state index contributed by atoms with van der Waals surface area (Å²) < 4.78 is 0. The molecule has 0 atom stereocenters. The number of halogens is 1. The van der Waals surface area contributed by atoms with Crippen LogP contribution in [0.1, 0.15) is 5.56 Å². The molecule has 0 fully saturated rings. The highest BCUT2D eigenvalue weighted by Crippen LogP contribution is 2.15. The molecule has 4 heteroatoms. The van der Waals surface area contributed by atoms with Crippen molar-refractivity contribution in [2.75, 3.05) is 12.9 Å². The van der Waals surface area contributed by atoms with Gasteiger partial charge in [0.05, 0.1) is 0 Å². The minimum Gasteiger partial charge on any atom is -0.361 e. The zero-order valence-corrected chi connectivity index (χ0v) is 9.79. The van der Waals surface area contributed by atoms with Crippen LogP contribution in [-0.2, 0) is 11.3 Å². The fraction of sp³-hybridized carbons (Fsp3) is 0.250. The van der Waals surface area contributed by atoms with Crippen LogP contribution in [0.4, 0.5) is 0 Å². The van der Waals surface area contributed by atoms with Crippen LogP contribution in [0.2, 0.25) is 0 Å². The number of hydrogen-bond donors (Lipinski definition) is 1. The standard InChI is InChI=1S/C12H13ClN2O/c1-15(12(16)7-13)8-9-2-3-10-4-5-14-11(10)6-9/h2-6,14H,7-8H2,1H3. The summed E-state index contributed by atoms with van der Waals surface area (Å²) in [6.45, 7) is 0.584. The molecule has 0 saturated carbocycles. The number of hydrogen-bond acceptors (Lipinski definition) is 1. The Bertz CT molecular complexity index is 506. The molecule has 3 nitrogen and oxygen atoms in total. The van der Waals surface area contributed by atoms with Crippen LogP contribution >= 0.6 is 11.6 Å². The van der Waals surface area contributed by atoms with Crippen LogP contribution in [0.25, 0.3) is 10.9 Å². The number of aromatic nitrogens is 1. The van der Waals surface area contributed by atoms with E-state index in [1.807, 2.05) is 30.5 Å². The molecule has 16 heavy (non-hydrogen) atoms. The van der Waals surface area contributed by atoms with Crippen molar-refractivity contribution in [3.63, 3.8) is 0 Å². The van der Waals surface area contributed by atoms with Crippen molar-refractivity contribution in [2.24, 2.45) is 0 Å². The van der Waals surface area contributed by atoms with Crippen molar-refractivity contribution in [1.82, 2.24) is 9.88 Å². The number of carbonyl (C=O) groups excluding carboxylic acids is 1. The van der Waals surface area contributed by atoms with Crippen molar-refractivity contribution in [3.05, 3.63) is 36.0 Å². The Morgan fingerprint density at radius 3 is 3.00 bits per heavy atom. The Kier molecular flexibility index (Phi) is 3.15. The van der Waals surface area contributed by atoms with E-state index in [9.17, 15) is 4.79 Å². The molecular formula is C12H13ClN2O. The van der Waals surface area contributed by atoms with Crippen LogP contribution in [0.3, 0.4) is 0 Å². The van der Waals surface area contributed by atoms with Gasteiger partial charge in [0.25, 0.3) is 0 Å². The monoisotopic (exact) mass is 236 g/mol. The van der Waals surface area contributed by atoms with Crippen LogP contribution in [0, 0.1) is 0 Å². The first-order valence-corrected chi connectivity index (χ1v) is 5.60. The Balaban J connectivity index is 2.17. The van der Waals surface area contributed by atoms with E-state index in [2.05, 4.69) is 4.98 Å². The van der Waals surface area contributed by atoms with Gasteiger partial charge in [-0.2, -0.15) is 0 Å². The van der Waals surface area contributed by atoms with Gasteiger partial charge >= 0.3 is 0 Å². The molecule has 2 aromatic rings. The highest BCUT2D eigenvalue weighted by atomic mass is 35.5. The molecule has 0 aliphatic rings. The van der Waals surface area contributed by atoms with Gasteiger partial charge in [-0.1, -0.05) is 12.1 Å². The van der Waals surface area contributed by atoms with E-state index in [0.29, 0.717) is 6.54 Å². The summed E-state index contributed by atoms with van der Waals surface area (Å²) in [5, 5.41) is 1.18. The van der Waals surface area contributed by atoms with Gasteiger partial charge < -0.3 is 9.88 Å². The number of carbonyl (C=O) groups is 1. The molecule has 0 unspecified atom stereocenters. The van der Waals surface area contributed by atoms with Crippen LogP contribution in [0.15, 0.2) is 30.5 Å². The summed E-state index contributed by atoms with van der Waals surface area (Å²) in [6.07, 6.45) is 1.90. The lowest BCUT2D eigenvalue weighted by atomic mass is 10.1. The Morgan fingerprint density at radius 2 is 2.25 bits per heavy atom. The van der Waals surface area contributed by atoms with Gasteiger partial charge in [-0.3, -0.25) is 4.79 Å². The lowest BCUT2D eigenvalue weighted by molar-refractivity contribution is -0.127. The molecule has 0 aliphatic carbocycles. The third-order valence-corrected chi connectivity index (χ3v) is 2.81. The third kappa shape index (κ3) is 2.19. The topological polar surface area (TPSA) is 36.1 Å². The quantitative estimate of drug-likeness (QED) is 0.816. The van der Waals surface area contributed by atoms with Crippen molar-refractivity contribution in [2.45, 2.75) is 6.54 Å². The average Bonchev–Trinajstić information content (AvgIpc) is 2.75. The van der Waals surface area contributed by atoms with Gasteiger partial charge in [-0.25, -0.2) is 0 Å². The summed E-state index contributed by atoms with van der Waals surface area (Å²) in [5.41, 5.74) is 2.18. The van der Waals surface area contributed by atoms with Gasteiger partial charge in [0.1, 0.15) is 5.88 Å². The number of benzene rings is 1. The molecule has 1 aromatic heterocycles. The highest BCUT2D eigenvalue weighted by molar-refractivity contribution is 6.27. The third-order valence-electron chi connectivity index (χ3n) is 2.58. The maximum absolute atomic E-state index is 11.3. The zero-order chi connectivity index (χ0) is 11.5. The number of amides is 1. The summed E-state index contributed by atoms with van der Waals surface area (Å²) >= 11 is 5.49. The first-order valence-electron chi connectivity index (χ1n) is 5.06. The van der Waals surface area contributed by atoms with E-state index < -0.39 is 0 Å². The van der Waals surface area contributed by atoms with Crippen molar-refractivity contribution < 1.29 is 4.79 Å². The van der Waals surface area contributed by atoms with E-state index in [-0.39, 0.29) is 11.8 Å². The molecule has 2 rings (SSSR count). The molecule has 1 amide bonds. The van der Waals surface area contributed by atoms with Gasteiger partial charge in [0.15, 0.2) is 0 Å². The van der Waals surface area contributed by atoms with Crippen molar-refractivity contribution in [1.29, 1.82) is 0 Å². The summed E-state index contributed by atoms with van der Waals surface area (Å²) in [6, 6.07) is 8.13. The second kappa shape index (κ2) is 4.58. The zero-order valence-electron chi connectivity index (χ0n) is 9.03. The fourth-order valence-electron chi connectivity index (χ4n) is 1.66. The Labute approximate surface area is 99.0 Å². The van der Waals surface area contributed by atoms with E-state index in [4.69, 9.17) is 11.6 Å². The largest absolute Gasteiger partial charge is 0.361 e. The predicted molar refractivity (Wildman–Crippen MR) is 65.5 cm³/mol. The second-order valence-electron chi connectivity index (χ2n) is 3.78. The molecule has 1 heterocycles. The first-order chi connectivity index (χ1) is 7.70. The lowest BCUT2D eigenvalue weighted by Gasteiger charge is -2.15. The number of aromatic amines is 1. The molecular weight excluding hydrogens is 224 g/mol. The number of rotatable bonds is 3. The second-order valence-corrected chi connectivity index (χ2v) is 4.05. The van der Waals surface area contributed by atoms with E-state index >= 15 is 0 Å². The van der Waals surface area contributed by atoms with Crippen LogP contribution in [0.5, 0.6) is 0 Å². The van der Waals surface area contributed by atoms with Crippen LogP contribution in [-0.4, -0.2) is 28.7 Å². The lowest BCUT2D eigenvalue weighted by Crippen LogP contribution is -2.26. The number of fused-ring (bicyclic) bond motifs is 1. The first kappa shape index (κ1) is 11.0. The van der Waals surface area contributed by atoms with E-state index in [0.717, 1.165) is 11.1 Å². The van der Waals surface area contributed by atoms with Gasteiger partial charge in [-0.05, 0) is 23.1 Å². The predicted octanol–water partition coefficient (Wildman–Crippen LogP) is 2.37. The minimum atomic E-state index is -0.0618. The molecule has 0 bridgehead atoms. The van der Waals surface area contributed by atoms with Gasteiger partial charge in [0, 0.05) is 25.3 Å². The van der Waals surface area contributed by atoms with Crippen LogP contribution < -0.4 is 0 Å². The Morgan fingerprint density at radius 1 is 1.44 bits per heavy atom. The molecule has 0 saturated heterocycles. The maximum atomic E-state index is 11.3. The number of nitrogens with one attached hydrogen (secondary N) is 1. The smallest absolute Gasteiger partial charge is 0.237 e. The van der Waals surface area contributed by atoms with E-state index in [1.54, 1.807) is 11.9 Å². The Hall–Kier alpha value is -1.48. The number of nitrogens with zero attached hydrogens (tertiary/aromatic N) is 1. The summed E-state index contributed by atoms with van der Waals surface area (Å²) in [4.78, 5) is 16.1.